The van der Waals surface area contributed by atoms with Crippen LogP contribution in [0.2, 0.25) is 0 Å². The second kappa shape index (κ2) is 5.58. The van der Waals surface area contributed by atoms with Crippen molar-refractivity contribution in [2.45, 2.75) is 19.3 Å². The van der Waals surface area contributed by atoms with Gasteiger partial charge in [-0.15, -0.1) is 0 Å². The van der Waals surface area contributed by atoms with Crippen molar-refractivity contribution in [3.63, 3.8) is 0 Å². The Hall–Kier alpha value is -1.46. The first-order chi connectivity index (χ1) is 7.88. The van der Waals surface area contributed by atoms with Crippen molar-refractivity contribution in [1.82, 2.24) is 0 Å². The molecule has 0 aliphatic heterocycles. The first-order valence-electron chi connectivity index (χ1n) is 5.80. The fourth-order valence-corrected chi connectivity index (χ4v) is 1.69. The Morgan fingerprint density at radius 3 is 2.94 bits per heavy atom. The molecule has 16 heavy (non-hydrogen) atoms. The molecule has 0 spiro atoms. The zero-order valence-electron chi connectivity index (χ0n) is 9.41. The zero-order chi connectivity index (χ0) is 11.2. The molecule has 0 atom stereocenters. The minimum absolute atomic E-state index is 0.396. The predicted octanol–water partition coefficient (Wildman–Crippen LogP) is 2.18. The van der Waals surface area contributed by atoms with Crippen LogP contribution >= 0.6 is 0 Å². The molecule has 0 amide bonds. The van der Waals surface area contributed by atoms with Crippen molar-refractivity contribution in [2.24, 2.45) is 11.7 Å². The number of ether oxygens (including phenoxy) is 1. The third-order valence-electron chi connectivity index (χ3n) is 2.88. The van der Waals surface area contributed by atoms with Gasteiger partial charge in [0.15, 0.2) is 0 Å². The van der Waals surface area contributed by atoms with Crippen molar-refractivity contribution >= 4 is 0 Å². The van der Waals surface area contributed by atoms with Gasteiger partial charge in [-0.05, 0) is 37.0 Å². The maximum Gasteiger partial charge on any atom is 0.120 e. The van der Waals surface area contributed by atoms with Crippen molar-refractivity contribution < 1.29 is 4.74 Å². The summed E-state index contributed by atoms with van der Waals surface area (Å²) in [4.78, 5) is 0. The lowest BCUT2D eigenvalue weighted by atomic mass is 9.86. The van der Waals surface area contributed by atoms with Crippen molar-refractivity contribution in [3.05, 3.63) is 29.8 Å². The minimum atomic E-state index is 0.396. The molecule has 0 bridgehead atoms. The lowest BCUT2D eigenvalue weighted by Crippen LogP contribution is -2.19. The highest BCUT2D eigenvalue weighted by Crippen LogP contribution is 2.27. The molecule has 0 heterocycles. The molecule has 2 heteroatoms. The van der Waals surface area contributed by atoms with Crippen LogP contribution in [-0.4, -0.2) is 13.2 Å². The molecular formula is C14H17NO. The lowest BCUT2D eigenvalue weighted by molar-refractivity contribution is 0.180. The molecule has 1 aliphatic carbocycles. The predicted molar refractivity (Wildman–Crippen MR) is 65.2 cm³/mol. The second-order valence-corrected chi connectivity index (χ2v) is 4.14. The van der Waals surface area contributed by atoms with Gasteiger partial charge in [-0.2, -0.15) is 0 Å². The molecule has 1 aromatic rings. The van der Waals surface area contributed by atoms with E-state index in [-0.39, 0.29) is 0 Å². The normalized spacial score (nSPS) is 14.8. The largest absolute Gasteiger partial charge is 0.493 e. The minimum Gasteiger partial charge on any atom is -0.493 e. The molecule has 0 radical (unpaired) electrons. The Bertz CT molecular complexity index is 399. The van der Waals surface area contributed by atoms with Crippen LogP contribution in [0.15, 0.2) is 24.3 Å². The van der Waals surface area contributed by atoms with Crippen LogP contribution in [0, 0.1) is 17.8 Å². The van der Waals surface area contributed by atoms with Gasteiger partial charge >= 0.3 is 0 Å². The molecule has 0 saturated heterocycles. The quantitative estimate of drug-likeness (QED) is 0.784. The van der Waals surface area contributed by atoms with Gasteiger partial charge in [0.05, 0.1) is 13.2 Å². The van der Waals surface area contributed by atoms with E-state index in [1.165, 1.54) is 19.3 Å². The Labute approximate surface area is 96.8 Å². The Kier molecular flexibility index (Phi) is 3.85. The summed E-state index contributed by atoms with van der Waals surface area (Å²) >= 11 is 0. The van der Waals surface area contributed by atoms with E-state index in [1.807, 2.05) is 24.3 Å². The average molecular weight is 215 g/mol. The molecule has 1 aliphatic rings. The molecule has 2 rings (SSSR count). The zero-order valence-corrected chi connectivity index (χ0v) is 9.41. The number of hydrogen-bond donors (Lipinski definition) is 1. The topological polar surface area (TPSA) is 35.2 Å². The maximum absolute atomic E-state index is 5.73. The van der Waals surface area contributed by atoms with Gasteiger partial charge in [-0.25, -0.2) is 0 Å². The van der Waals surface area contributed by atoms with Gasteiger partial charge in [0.1, 0.15) is 5.75 Å². The SMILES string of the molecule is NCC#Cc1cccc(OCC2CCC2)c1. The van der Waals surface area contributed by atoms with E-state index in [4.69, 9.17) is 10.5 Å². The van der Waals surface area contributed by atoms with Crippen LogP contribution in [0.3, 0.4) is 0 Å². The molecule has 2 N–H and O–H groups in total. The van der Waals surface area contributed by atoms with Gasteiger partial charge in [0.25, 0.3) is 0 Å². The third kappa shape index (κ3) is 3.01. The van der Waals surface area contributed by atoms with Gasteiger partial charge < -0.3 is 10.5 Å². The van der Waals surface area contributed by atoms with E-state index in [9.17, 15) is 0 Å². The molecule has 2 nitrogen and oxygen atoms in total. The van der Waals surface area contributed by atoms with Crippen LogP contribution < -0.4 is 10.5 Å². The van der Waals surface area contributed by atoms with Crippen LogP contribution in [0.1, 0.15) is 24.8 Å². The molecule has 84 valence electrons. The van der Waals surface area contributed by atoms with Crippen LogP contribution in [0.4, 0.5) is 0 Å². The molecule has 0 unspecified atom stereocenters. The second-order valence-electron chi connectivity index (χ2n) is 4.14. The summed E-state index contributed by atoms with van der Waals surface area (Å²) in [6.45, 7) is 1.24. The average Bonchev–Trinajstić information content (AvgIpc) is 2.25. The Balaban J connectivity index is 1.92. The highest BCUT2D eigenvalue weighted by atomic mass is 16.5. The summed E-state index contributed by atoms with van der Waals surface area (Å²) in [7, 11) is 0. The Morgan fingerprint density at radius 1 is 1.38 bits per heavy atom. The summed E-state index contributed by atoms with van der Waals surface area (Å²) in [6, 6.07) is 7.89. The van der Waals surface area contributed by atoms with E-state index in [1.54, 1.807) is 0 Å². The lowest BCUT2D eigenvalue weighted by Gasteiger charge is -2.25. The van der Waals surface area contributed by atoms with E-state index < -0.39 is 0 Å². The van der Waals surface area contributed by atoms with Gasteiger partial charge in [0, 0.05) is 5.56 Å². The fourth-order valence-electron chi connectivity index (χ4n) is 1.69. The highest BCUT2D eigenvalue weighted by Gasteiger charge is 2.17. The molecule has 1 fully saturated rings. The smallest absolute Gasteiger partial charge is 0.120 e. The first-order valence-corrected chi connectivity index (χ1v) is 5.80. The molecule has 1 saturated carbocycles. The third-order valence-corrected chi connectivity index (χ3v) is 2.88. The molecule has 0 aromatic heterocycles. The van der Waals surface area contributed by atoms with Crippen LogP contribution in [-0.2, 0) is 0 Å². The van der Waals surface area contributed by atoms with E-state index in [2.05, 4.69) is 11.8 Å². The summed E-state index contributed by atoms with van der Waals surface area (Å²) in [6.07, 6.45) is 3.98. The fraction of sp³-hybridized carbons (Fsp3) is 0.429. The number of nitrogens with two attached hydrogens (primary N) is 1. The number of benzene rings is 1. The summed E-state index contributed by atoms with van der Waals surface area (Å²) in [5, 5.41) is 0. The van der Waals surface area contributed by atoms with Crippen molar-refractivity contribution in [1.29, 1.82) is 0 Å². The highest BCUT2D eigenvalue weighted by molar-refractivity contribution is 5.39. The van der Waals surface area contributed by atoms with Crippen molar-refractivity contribution in [3.8, 4) is 17.6 Å². The first kappa shape index (κ1) is 11.0. The monoisotopic (exact) mass is 215 g/mol. The molecule has 1 aromatic carbocycles. The van der Waals surface area contributed by atoms with Crippen LogP contribution in [0.5, 0.6) is 5.75 Å². The van der Waals surface area contributed by atoms with Gasteiger partial charge in [-0.1, -0.05) is 24.3 Å². The maximum atomic E-state index is 5.73. The van der Waals surface area contributed by atoms with E-state index in [0.29, 0.717) is 6.54 Å². The van der Waals surface area contributed by atoms with Gasteiger partial charge in [0.2, 0.25) is 0 Å². The van der Waals surface area contributed by atoms with Crippen LogP contribution in [0.25, 0.3) is 0 Å². The standard InChI is InChI=1S/C14H17NO/c15-9-3-7-12-4-2-8-14(10-12)16-11-13-5-1-6-13/h2,4,8,10,13H,1,5-6,9,11,15H2. The summed E-state index contributed by atoms with van der Waals surface area (Å²) < 4.78 is 5.73. The summed E-state index contributed by atoms with van der Waals surface area (Å²) in [5.41, 5.74) is 6.30. The van der Waals surface area contributed by atoms with Crippen molar-refractivity contribution in [2.75, 3.05) is 13.2 Å². The Morgan fingerprint density at radius 2 is 2.25 bits per heavy atom. The van der Waals surface area contributed by atoms with E-state index in [0.717, 1.165) is 23.8 Å². The number of rotatable bonds is 3. The summed E-state index contributed by atoms with van der Waals surface area (Å²) in [5.74, 6) is 7.52. The van der Waals surface area contributed by atoms with Gasteiger partial charge in [-0.3, -0.25) is 0 Å². The van der Waals surface area contributed by atoms with E-state index >= 15 is 0 Å². The number of hydrogen-bond acceptors (Lipinski definition) is 2. The molecular weight excluding hydrogens is 198 g/mol.